The topological polar surface area (TPSA) is 108 Å². The maximum atomic E-state index is 11.8. The molecule has 0 unspecified atom stereocenters. The van der Waals surface area contributed by atoms with Gasteiger partial charge in [0.05, 0.1) is 10.6 Å². The Labute approximate surface area is 139 Å². The van der Waals surface area contributed by atoms with Crippen LogP contribution in [0.15, 0.2) is 18.2 Å². The van der Waals surface area contributed by atoms with Crippen LogP contribution < -0.4 is 16.0 Å². The highest BCUT2D eigenvalue weighted by Crippen LogP contribution is 2.21. The van der Waals surface area contributed by atoms with E-state index >= 15 is 0 Å². The smallest absolute Gasteiger partial charge is 0.319 e. The third-order valence-electron chi connectivity index (χ3n) is 2.86. The van der Waals surface area contributed by atoms with Crippen molar-refractivity contribution in [3.8, 4) is 0 Å². The first kappa shape index (κ1) is 18.8. The van der Waals surface area contributed by atoms with E-state index in [1.807, 2.05) is 6.92 Å². The lowest BCUT2D eigenvalue weighted by atomic mass is 10.2. The van der Waals surface area contributed by atoms with E-state index in [-0.39, 0.29) is 23.9 Å². The van der Waals surface area contributed by atoms with Gasteiger partial charge >= 0.3 is 12.0 Å². The zero-order chi connectivity index (χ0) is 17.2. The first-order chi connectivity index (χ1) is 10.9. The summed E-state index contributed by atoms with van der Waals surface area (Å²) in [5, 5.41) is 16.6. The molecule has 0 radical (unpaired) electrons. The number of benzene rings is 1. The number of carboxylic acid groups (broad SMARTS) is 1. The fourth-order valence-electron chi connectivity index (χ4n) is 1.73. The summed E-state index contributed by atoms with van der Waals surface area (Å²) in [6, 6.07) is 4.13. The standard InChI is InChI=1S/C15H20ClN3O4/c1-2-7-17-14(22)11-6-5-10(9-12(11)16)19-15(23)18-8-3-4-13(20)21/h5-6,9H,2-4,7-8H2,1H3,(H,17,22)(H,20,21)(H2,18,19,23). The molecule has 0 atom stereocenters. The second-order valence-electron chi connectivity index (χ2n) is 4.83. The number of rotatable bonds is 8. The van der Waals surface area contributed by atoms with Crippen LogP contribution in [-0.2, 0) is 4.79 Å². The maximum Gasteiger partial charge on any atom is 0.319 e. The zero-order valence-corrected chi connectivity index (χ0v) is 13.6. The highest BCUT2D eigenvalue weighted by Gasteiger charge is 2.11. The van der Waals surface area contributed by atoms with Crippen LogP contribution in [0.5, 0.6) is 0 Å². The van der Waals surface area contributed by atoms with Crippen molar-refractivity contribution in [2.75, 3.05) is 18.4 Å². The number of hydrogen-bond donors (Lipinski definition) is 4. The number of carboxylic acids is 1. The molecule has 126 valence electrons. The number of urea groups is 1. The van der Waals surface area contributed by atoms with Crippen molar-refractivity contribution in [2.24, 2.45) is 0 Å². The lowest BCUT2D eigenvalue weighted by Gasteiger charge is -2.10. The van der Waals surface area contributed by atoms with Crippen molar-refractivity contribution in [3.05, 3.63) is 28.8 Å². The minimum absolute atomic E-state index is 0.00627. The average Bonchev–Trinajstić information content (AvgIpc) is 2.49. The minimum Gasteiger partial charge on any atom is -0.481 e. The first-order valence-corrected chi connectivity index (χ1v) is 7.66. The Kier molecular flexibility index (Phi) is 7.90. The molecule has 0 spiro atoms. The number of aliphatic carboxylic acids is 1. The monoisotopic (exact) mass is 341 g/mol. The second kappa shape index (κ2) is 9.68. The molecule has 8 heteroatoms. The van der Waals surface area contributed by atoms with Crippen LogP contribution in [0, 0.1) is 0 Å². The molecule has 0 aliphatic heterocycles. The number of carbonyl (C=O) groups excluding carboxylic acids is 2. The van der Waals surface area contributed by atoms with Crippen molar-refractivity contribution in [2.45, 2.75) is 26.2 Å². The van der Waals surface area contributed by atoms with Crippen molar-refractivity contribution in [1.82, 2.24) is 10.6 Å². The minimum atomic E-state index is -0.907. The molecule has 0 aliphatic rings. The summed E-state index contributed by atoms with van der Waals surface area (Å²) in [5.74, 6) is -1.17. The molecule has 0 saturated carbocycles. The molecule has 7 nitrogen and oxygen atoms in total. The van der Waals surface area contributed by atoms with Gasteiger partial charge in [0.1, 0.15) is 0 Å². The van der Waals surface area contributed by atoms with Gasteiger partial charge in [-0.25, -0.2) is 4.79 Å². The van der Waals surface area contributed by atoms with Gasteiger partial charge in [0, 0.05) is 25.2 Å². The van der Waals surface area contributed by atoms with Gasteiger partial charge in [0.25, 0.3) is 5.91 Å². The van der Waals surface area contributed by atoms with Gasteiger partial charge in [-0.3, -0.25) is 9.59 Å². The number of anilines is 1. The predicted molar refractivity (Wildman–Crippen MR) is 88.0 cm³/mol. The summed E-state index contributed by atoms with van der Waals surface area (Å²) in [4.78, 5) is 33.8. The van der Waals surface area contributed by atoms with Crippen LogP contribution in [0.3, 0.4) is 0 Å². The van der Waals surface area contributed by atoms with Crippen LogP contribution in [0.1, 0.15) is 36.5 Å². The SMILES string of the molecule is CCCNC(=O)c1ccc(NC(=O)NCCCC(=O)O)cc1Cl. The van der Waals surface area contributed by atoms with Gasteiger partial charge in [0.15, 0.2) is 0 Å². The van der Waals surface area contributed by atoms with Gasteiger partial charge < -0.3 is 21.1 Å². The molecule has 23 heavy (non-hydrogen) atoms. The van der Waals surface area contributed by atoms with E-state index in [0.29, 0.717) is 24.2 Å². The molecule has 0 fully saturated rings. The first-order valence-electron chi connectivity index (χ1n) is 7.28. The Morgan fingerprint density at radius 3 is 2.52 bits per heavy atom. The fraction of sp³-hybridized carbons (Fsp3) is 0.400. The predicted octanol–water partition coefficient (Wildman–Crippen LogP) is 2.47. The largest absolute Gasteiger partial charge is 0.481 e. The van der Waals surface area contributed by atoms with Crippen LogP contribution in [0.2, 0.25) is 5.02 Å². The Hall–Kier alpha value is -2.28. The van der Waals surface area contributed by atoms with Crippen LogP contribution in [0.25, 0.3) is 0 Å². The van der Waals surface area contributed by atoms with Crippen molar-refractivity contribution in [3.63, 3.8) is 0 Å². The molecule has 1 rings (SSSR count). The Bertz CT molecular complexity index is 578. The van der Waals surface area contributed by atoms with E-state index in [1.165, 1.54) is 12.1 Å². The Morgan fingerprint density at radius 1 is 1.17 bits per heavy atom. The van der Waals surface area contributed by atoms with E-state index in [2.05, 4.69) is 16.0 Å². The molecule has 0 aromatic heterocycles. The summed E-state index contributed by atoms with van der Waals surface area (Å²) in [7, 11) is 0. The van der Waals surface area contributed by atoms with E-state index in [9.17, 15) is 14.4 Å². The summed E-state index contributed by atoms with van der Waals surface area (Å²) in [6.45, 7) is 2.77. The number of amides is 3. The molecule has 0 heterocycles. The molecule has 0 aliphatic carbocycles. The van der Waals surface area contributed by atoms with Gasteiger partial charge in [-0.15, -0.1) is 0 Å². The highest BCUT2D eigenvalue weighted by molar-refractivity contribution is 6.34. The number of nitrogens with one attached hydrogen (secondary N) is 3. The van der Waals surface area contributed by atoms with Gasteiger partial charge in [0.2, 0.25) is 0 Å². The maximum absolute atomic E-state index is 11.8. The summed E-state index contributed by atoms with van der Waals surface area (Å²) >= 11 is 6.05. The van der Waals surface area contributed by atoms with Gasteiger partial charge in [-0.05, 0) is 31.0 Å². The molecule has 3 amide bonds. The van der Waals surface area contributed by atoms with Crippen LogP contribution >= 0.6 is 11.6 Å². The fourth-order valence-corrected chi connectivity index (χ4v) is 1.99. The summed E-state index contributed by atoms with van der Waals surface area (Å²) in [5.41, 5.74) is 0.783. The second-order valence-corrected chi connectivity index (χ2v) is 5.24. The summed E-state index contributed by atoms with van der Waals surface area (Å²) in [6.07, 6.45) is 1.17. The third-order valence-corrected chi connectivity index (χ3v) is 3.17. The average molecular weight is 342 g/mol. The Morgan fingerprint density at radius 2 is 1.91 bits per heavy atom. The zero-order valence-electron chi connectivity index (χ0n) is 12.8. The van der Waals surface area contributed by atoms with Crippen LogP contribution in [-0.4, -0.2) is 36.1 Å². The number of carbonyl (C=O) groups is 3. The third kappa shape index (κ3) is 7.01. The molecule has 0 bridgehead atoms. The molecular formula is C15H20ClN3O4. The van der Waals surface area contributed by atoms with Gasteiger partial charge in [-0.1, -0.05) is 18.5 Å². The quantitative estimate of drug-likeness (QED) is 0.545. The number of hydrogen-bond acceptors (Lipinski definition) is 3. The summed E-state index contributed by atoms with van der Waals surface area (Å²) < 4.78 is 0. The molecule has 1 aromatic rings. The number of halogens is 1. The van der Waals surface area contributed by atoms with E-state index in [4.69, 9.17) is 16.7 Å². The van der Waals surface area contributed by atoms with E-state index < -0.39 is 12.0 Å². The van der Waals surface area contributed by atoms with Crippen molar-refractivity contribution < 1.29 is 19.5 Å². The highest BCUT2D eigenvalue weighted by atomic mass is 35.5. The lowest BCUT2D eigenvalue weighted by Crippen LogP contribution is -2.30. The van der Waals surface area contributed by atoms with E-state index in [0.717, 1.165) is 6.42 Å². The molecule has 0 saturated heterocycles. The normalized spacial score (nSPS) is 10.0. The Balaban J connectivity index is 2.52. The van der Waals surface area contributed by atoms with Crippen LogP contribution in [0.4, 0.5) is 10.5 Å². The molecule has 4 N–H and O–H groups in total. The van der Waals surface area contributed by atoms with E-state index in [1.54, 1.807) is 6.07 Å². The lowest BCUT2D eigenvalue weighted by molar-refractivity contribution is -0.137. The van der Waals surface area contributed by atoms with Crippen molar-refractivity contribution >= 4 is 35.2 Å². The molecule has 1 aromatic carbocycles. The van der Waals surface area contributed by atoms with Crippen molar-refractivity contribution in [1.29, 1.82) is 0 Å². The molecular weight excluding hydrogens is 322 g/mol. The van der Waals surface area contributed by atoms with Gasteiger partial charge in [-0.2, -0.15) is 0 Å².